The van der Waals surface area contributed by atoms with Crippen molar-refractivity contribution in [2.75, 3.05) is 0 Å². The number of carbonyl (C=O) groups is 2. The Morgan fingerprint density at radius 3 is 2.28 bits per heavy atom. The van der Waals surface area contributed by atoms with Crippen molar-refractivity contribution in [2.24, 2.45) is 5.73 Å². The molecule has 3 aromatic carbocycles. The number of hydrogen-bond acceptors (Lipinski definition) is 5. The molecule has 0 heterocycles. The summed E-state index contributed by atoms with van der Waals surface area (Å²) in [5.41, 5.74) is 7.86. The molecule has 0 spiro atoms. The number of nitrogens with one attached hydrogen (secondary N) is 1. The van der Waals surface area contributed by atoms with Crippen LogP contribution in [0.5, 0.6) is 5.75 Å². The van der Waals surface area contributed by atoms with Crippen LogP contribution in [0.25, 0.3) is 0 Å². The Kier molecular flexibility index (Phi) is 7.28. The number of rotatable bonds is 6. The lowest BCUT2D eigenvalue weighted by Gasteiger charge is -2.24. The molecule has 3 rings (SSSR count). The molecule has 6 nitrogen and oxygen atoms in total. The Morgan fingerprint density at radius 1 is 0.906 bits per heavy atom. The SMILES string of the molecule is CC(C)(C)OC(=O)N[C@@H](c1ccccc1)c1cccc(C(=O)Oc2cccc(CN)c2)c1. The highest BCUT2D eigenvalue weighted by Crippen LogP contribution is 2.24. The molecule has 166 valence electrons. The van der Waals surface area contributed by atoms with E-state index in [9.17, 15) is 9.59 Å². The average Bonchev–Trinajstić information content (AvgIpc) is 2.77. The second-order valence-electron chi connectivity index (χ2n) is 8.36. The fourth-order valence-electron chi connectivity index (χ4n) is 3.18. The van der Waals surface area contributed by atoms with Gasteiger partial charge in [-0.25, -0.2) is 9.59 Å². The normalized spacial score (nSPS) is 12.0. The Labute approximate surface area is 188 Å². The van der Waals surface area contributed by atoms with Crippen LogP contribution >= 0.6 is 0 Å². The third kappa shape index (κ3) is 6.43. The summed E-state index contributed by atoms with van der Waals surface area (Å²) in [6.45, 7) is 5.77. The van der Waals surface area contributed by atoms with Gasteiger partial charge in [-0.05, 0) is 61.7 Å². The Bertz CT molecular complexity index is 1070. The van der Waals surface area contributed by atoms with E-state index in [-0.39, 0.29) is 0 Å². The molecule has 0 unspecified atom stereocenters. The van der Waals surface area contributed by atoms with Gasteiger partial charge in [-0.3, -0.25) is 0 Å². The summed E-state index contributed by atoms with van der Waals surface area (Å²) in [6, 6.07) is 23.1. The first-order valence-electron chi connectivity index (χ1n) is 10.4. The van der Waals surface area contributed by atoms with E-state index in [1.807, 2.05) is 42.5 Å². The second-order valence-corrected chi connectivity index (χ2v) is 8.36. The van der Waals surface area contributed by atoms with Gasteiger partial charge in [-0.2, -0.15) is 0 Å². The molecule has 0 aromatic heterocycles. The predicted molar refractivity (Wildman–Crippen MR) is 123 cm³/mol. The monoisotopic (exact) mass is 432 g/mol. The van der Waals surface area contributed by atoms with Gasteiger partial charge in [-0.15, -0.1) is 0 Å². The molecule has 0 radical (unpaired) electrons. The number of benzene rings is 3. The van der Waals surface area contributed by atoms with Crippen LogP contribution in [0.15, 0.2) is 78.9 Å². The van der Waals surface area contributed by atoms with E-state index in [0.29, 0.717) is 17.9 Å². The minimum absolute atomic E-state index is 0.357. The minimum Gasteiger partial charge on any atom is -0.444 e. The summed E-state index contributed by atoms with van der Waals surface area (Å²) in [7, 11) is 0. The molecule has 0 aliphatic heterocycles. The molecule has 3 N–H and O–H groups in total. The van der Waals surface area contributed by atoms with E-state index in [0.717, 1.165) is 16.7 Å². The van der Waals surface area contributed by atoms with Crippen molar-refractivity contribution in [3.63, 3.8) is 0 Å². The molecule has 0 fully saturated rings. The number of ether oxygens (including phenoxy) is 2. The van der Waals surface area contributed by atoms with Gasteiger partial charge in [0.2, 0.25) is 0 Å². The molecule has 3 aromatic rings. The molecule has 1 atom stereocenters. The molecular weight excluding hydrogens is 404 g/mol. The zero-order valence-corrected chi connectivity index (χ0v) is 18.5. The minimum atomic E-state index is -0.630. The molecular formula is C26H28N2O4. The van der Waals surface area contributed by atoms with Gasteiger partial charge in [0.25, 0.3) is 0 Å². The summed E-state index contributed by atoms with van der Waals surface area (Å²) in [5, 5.41) is 2.91. The molecule has 0 saturated carbocycles. The highest BCUT2D eigenvalue weighted by molar-refractivity contribution is 5.91. The first-order valence-corrected chi connectivity index (χ1v) is 10.4. The van der Waals surface area contributed by atoms with Crippen molar-refractivity contribution in [2.45, 2.75) is 39.0 Å². The Hall–Kier alpha value is -3.64. The fraction of sp³-hybridized carbons (Fsp3) is 0.231. The van der Waals surface area contributed by atoms with Gasteiger partial charge in [0.15, 0.2) is 0 Å². The number of esters is 1. The van der Waals surface area contributed by atoms with Crippen LogP contribution in [0.4, 0.5) is 4.79 Å². The van der Waals surface area contributed by atoms with Crippen molar-refractivity contribution < 1.29 is 19.1 Å². The van der Waals surface area contributed by atoms with Gasteiger partial charge < -0.3 is 20.5 Å². The van der Waals surface area contributed by atoms with Crippen LogP contribution in [0.1, 0.15) is 53.9 Å². The van der Waals surface area contributed by atoms with Crippen LogP contribution in [0.3, 0.4) is 0 Å². The van der Waals surface area contributed by atoms with Crippen LogP contribution < -0.4 is 15.8 Å². The third-order valence-electron chi connectivity index (χ3n) is 4.59. The number of alkyl carbamates (subject to hydrolysis) is 1. The standard InChI is InChI=1S/C26H28N2O4/c1-26(2,3)32-25(30)28-23(19-10-5-4-6-11-19)20-12-8-13-21(16-20)24(29)31-22-14-7-9-18(15-22)17-27/h4-16,23H,17,27H2,1-3H3,(H,28,30)/t23-/m0/s1. The molecule has 0 aliphatic carbocycles. The smallest absolute Gasteiger partial charge is 0.408 e. The van der Waals surface area contributed by atoms with Crippen LogP contribution in [0.2, 0.25) is 0 Å². The largest absolute Gasteiger partial charge is 0.444 e. The highest BCUT2D eigenvalue weighted by atomic mass is 16.6. The first-order chi connectivity index (χ1) is 15.2. The first kappa shape index (κ1) is 23.0. The van der Waals surface area contributed by atoms with Crippen LogP contribution in [-0.2, 0) is 11.3 Å². The van der Waals surface area contributed by atoms with Crippen LogP contribution in [0, 0.1) is 0 Å². The molecule has 0 saturated heterocycles. The molecule has 0 bridgehead atoms. The highest BCUT2D eigenvalue weighted by Gasteiger charge is 2.22. The van der Waals surface area contributed by atoms with Crippen molar-refractivity contribution >= 4 is 12.1 Å². The summed E-state index contributed by atoms with van der Waals surface area (Å²) in [4.78, 5) is 25.3. The third-order valence-corrected chi connectivity index (χ3v) is 4.59. The molecule has 0 aliphatic rings. The number of amides is 1. The van der Waals surface area contributed by atoms with Gasteiger partial charge in [-0.1, -0.05) is 54.6 Å². The second kappa shape index (κ2) is 10.1. The Morgan fingerprint density at radius 2 is 1.59 bits per heavy atom. The fourth-order valence-corrected chi connectivity index (χ4v) is 3.18. The van der Waals surface area contributed by atoms with Gasteiger partial charge in [0.05, 0.1) is 11.6 Å². The van der Waals surface area contributed by atoms with E-state index in [1.54, 1.807) is 57.2 Å². The van der Waals surface area contributed by atoms with E-state index in [1.165, 1.54) is 0 Å². The lowest BCUT2D eigenvalue weighted by molar-refractivity contribution is 0.0512. The summed E-state index contributed by atoms with van der Waals surface area (Å²) < 4.78 is 11.0. The molecule has 6 heteroatoms. The van der Waals surface area contributed by atoms with Crippen molar-refractivity contribution in [1.82, 2.24) is 5.32 Å². The van der Waals surface area contributed by atoms with E-state index in [4.69, 9.17) is 15.2 Å². The quantitative estimate of drug-likeness (QED) is 0.424. The van der Waals surface area contributed by atoms with Crippen LogP contribution in [-0.4, -0.2) is 17.7 Å². The maximum atomic E-state index is 12.8. The van der Waals surface area contributed by atoms with Crippen molar-refractivity contribution in [3.8, 4) is 5.75 Å². The van der Waals surface area contributed by atoms with Gasteiger partial charge in [0, 0.05) is 6.54 Å². The number of carbonyl (C=O) groups excluding carboxylic acids is 2. The molecule has 1 amide bonds. The maximum Gasteiger partial charge on any atom is 0.408 e. The van der Waals surface area contributed by atoms with E-state index < -0.39 is 23.7 Å². The summed E-state index contributed by atoms with van der Waals surface area (Å²) in [5.74, 6) is -0.0695. The average molecular weight is 433 g/mol. The lowest BCUT2D eigenvalue weighted by Crippen LogP contribution is -2.35. The number of nitrogens with two attached hydrogens (primary N) is 1. The van der Waals surface area contributed by atoms with Gasteiger partial charge in [0.1, 0.15) is 11.4 Å². The zero-order chi connectivity index (χ0) is 23.1. The predicted octanol–water partition coefficient (Wildman–Crippen LogP) is 4.98. The van der Waals surface area contributed by atoms with E-state index in [2.05, 4.69) is 5.32 Å². The van der Waals surface area contributed by atoms with E-state index >= 15 is 0 Å². The lowest BCUT2D eigenvalue weighted by atomic mass is 9.97. The van der Waals surface area contributed by atoms with Crippen molar-refractivity contribution in [3.05, 3.63) is 101 Å². The topological polar surface area (TPSA) is 90.6 Å². The van der Waals surface area contributed by atoms with Crippen molar-refractivity contribution in [1.29, 1.82) is 0 Å². The van der Waals surface area contributed by atoms with Gasteiger partial charge >= 0.3 is 12.1 Å². The maximum absolute atomic E-state index is 12.8. The number of hydrogen-bond donors (Lipinski definition) is 2. The summed E-state index contributed by atoms with van der Waals surface area (Å²) >= 11 is 0. The molecule has 32 heavy (non-hydrogen) atoms. The zero-order valence-electron chi connectivity index (χ0n) is 18.5. The summed E-state index contributed by atoms with van der Waals surface area (Å²) in [6.07, 6.45) is -0.544. The Balaban J connectivity index is 1.86.